The van der Waals surface area contributed by atoms with Gasteiger partial charge in [-0.3, -0.25) is 0 Å². The fraction of sp³-hybridized carbons (Fsp3) is 0.286. The van der Waals surface area contributed by atoms with Crippen molar-refractivity contribution in [2.75, 3.05) is 13.7 Å². The van der Waals surface area contributed by atoms with Crippen LogP contribution in [-0.4, -0.2) is 13.7 Å². The average Bonchev–Trinajstić information content (AvgIpc) is 2.89. The molecule has 90 valence electrons. The second kappa shape index (κ2) is 5.84. The molecule has 1 aromatic carbocycles. The Morgan fingerprint density at radius 1 is 1.24 bits per heavy atom. The van der Waals surface area contributed by atoms with E-state index in [1.807, 2.05) is 12.1 Å². The number of para-hydroxylation sites is 1. The molecule has 17 heavy (non-hydrogen) atoms. The summed E-state index contributed by atoms with van der Waals surface area (Å²) in [5.74, 6) is 1.29. The van der Waals surface area contributed by atoms with Crippen molar-refractivity contribution in [1.29, 1.82) is 0 Å². The van der Waals surface area contributed by atoms with Gasteiger partial charge in [-0.2, -0.15) is 0 Å². The lowest BCUT2D eigenvalue weighted by Gasteiger charge is -2.18. The Kier molecular flexibility index (Phi) is 4.18. The van der Waals surface area contributed by atoms with Crippen molar-refractivity contribution in [2.45, 2.75) is 12.3 Å². The highest BCUT2D eigenvalue weighted by atomic mass is 32.1. The van der Waals surface area contributed by atoms with E-state index in [1.165, 1.54) is 10.4 Å². The van der Waals surface area contributed by atoms with Crippen LogP contribution in [0.1, 0.15) is 22.8 Å². The van der Waals surface area contributed by atoms with E-state index >= 15 is 0 Å². The van der Waals surface area contributed by atoms with E-state index in [2.05, 4.69) is 29.6 Å². The van der Waals surface area contributed by atoms with Crippen LogP contribution in [0.2, 0.25) is 0 Å². The number of ether oxygens (including phenoxy) is 1. The van der Waals surface area contributed by atoms with E-state index in [-0.39, 0.29) is 0 Å². The van der Waals surface area contributed by atoms with Crippen LogP contribution in [-0.2, 0) is 0 Å². The van der Waals surface area contributed by atoms with Crippen LogP contribution < -0.4 is 10.5 Å². The van der Waals surface area contributed by atoms with Crippen LogP contribution in [0.3, 0.4) is 0 Å². The zero-order chi connectivity index (χ0) is 12.1. The Morgan fingerprint density at radius 2 is 2.06 bits per heavy atom. The van der Waals surface area contributed by atoms with Crippen molar-refractivity contribution in [3.63, 3.8) is 0 Å². The molecule has 1 heterocycles. The van der Waals surface area contributed by atoms with Crippen molar-refractivity contribution in [3.8, 4) is 5.75 Å². The van der Waals surface area contributed by atoms with E-state index in [1.54, 1.807) is 18.4 Å². The molecule has 0 aliphatic rings. The predicted molar refractivity (Wildman–Crippen MR) is 72.8 cm³/mol. The van der Waals surface area contributed by atoms with Crippen LogP contribution in [0.15, 0.2) is 41.8 Å². The Labute approximate surface area is 106 Å². The maximum atomic E-state index is 5.73. The number of methoxy groups -OCH3 is 1. The summed E-state index contributed by atoms with van der Waals surface area (Å²) in [6.45, 7) is 0.681. The van der Waals surface area contributed by atoms with Crippen LogP contribution in [0.4, 0.5) is 0 Å². The summed E-state index contributed by atoms with van der Waals surface area (Å²) in [6.07, 6.45) is 0.945. The van der Waals surface area contributed by atoms with Gasteiger partial charge < -0.3 is 10.5 Å². The molecule has 1 atom stereocenters. The molecule has 0 saturated carbocycles. The molecule has 0 aliphatic heterocycles. The molecule has 3 heteroatoms. The number of hydrogen-bond acceptors (Lipinski definition) is 3. The zero-order valence-corrected chi connectivity index (χ0v) is 10.7. The Morgan fingerprint density at radius 3 is 2.71 bits per heavy atom. The van der Waals surface area contributed by atoms with Gasteiger partial charge in [-0.15, -0.1) is 11.3 Å². The third-order valence-corrected chi connectivity index (χ3v) is 3.84. The molecule has 0 fully saturated rings. The molecule has 1 aromatic heterocycles. The standard InChI is InChI=1S/C14H17NOS/c1-16-13-6-3-2-5-11(13)12(8-9-15)14-7-4-10-17-14/h2-7,10,12H,8-9,15H2,1H3. The minimum Gasteiger partial charge on any atom is -0.496 e. The van der Waals surface area contributed by atoms with Crippen LogP contribution in [0, 0.1) is 0 Å². The van der Waals surface area contributed by atoms with Crippen LogP contribution in [0.5, 0.6) is 5.75 Å². The van der Waals surface area contributed by atoms with Crippen molar-refractivity contribution in [2.24, 2.45) is 5.73 Å². The molecule has 0 spiro atoms. The summed E-state index contributed by atoms with van der Waals surface area (Å²) < 4.78 is 5.43. The largest absolute Gasteiger partial charge is 0.496 e. The van der Waals surface area contributed by atoms with Crippen molar-refractivity contribution >= 4 is 11.3 Å². The molecule has 1 unspecified atom stereocenters. The molecule has 0 aliphatic carbocycles. The van der Waals surface area contributed by atoms with Gasteiger partial charge in [0.05, 0.1) is 7.11 Å². The van der Waals surface area contributed by atoms with Gasteiger partial charge in [-0.05, 0) is 30.5 Å². The highest BCUT2D eigenvalue weighted by Crippen LogP contribution is 2.35. The first-order valence-corrected chi connectivity index (χ1v) is 6.61. The minimum absolute atomic E-state index is 0.344. The maximum Gasteiger partial charge on any atom is 0.122 e. The van der Waals surface area contributed by atoms with E-state index in [9.17, 15) is 0 Å². The summed E-state index contributed by atoms with van der Waals surface area (Å²) in [5, 5.41) is 2.11. The zero-order valence-electron chi connectivity index (χ0n) is 9.93. The number of thiophene rings is 1. The molecule has 2 nitrogen and oxygen atoms in total. The van der Waals surface area contributed by atoms with Gasteiger partial charge in [0.1, 0.15) is 5.75 Å². The van der Waals surface area contributed by atoms with Crippen molar-refractivity contribution in [3.05, 3.63) is 52.2 Å². The highest BCUT2D eigenvalue weighted by molar-refractivity contribution is 7.10. The Bertz CT molecular complexity index is 453. The summed E-state index contributed by atoms with van der Waals surface area (Å²) in [6, 6.07) is 12.4. The SMILES string of the molecule is COc1ccccc1C(CCN)c1cccs1. The number of hydrogen-bond donors (Lipinski definition) is 1. The number of benzene rings is 1. The van der Waals surface area contributed by atoms with Gasteiger partial charge in [0, 0.05) is 16.4 Å². The van der Waals surface area contributed by atoms with Gasteiger partial charge in [-0.1, -0.05) is 24.3 Å². The van der Waals surface area contributed by atoms with E-state index < -0.39 is 0 Å². The molecule has 0 radical (unpaired) electrons. The summed E-state index contributed by atoms with van der Waals surface area (Å²) >= 11 is 1.77. The van der Waals surface area contributed by atoms with E-state index in [0.29, 0.717) is 12.5 Å². The number of nitrogens with two attached hydrogens (primary N) is 1. The lowest BCUT2D eigenvalue weighted by molar-refractivity contribution is 0.407. The van der Waals surface area contributed by atoms with Gasteiger partial charge in [-0.25, -0.2) is 0 Å². The lowest BCUT2D eigenvalue weighted by atomic mass is 9.93. The van der Waals surface area contributed by atoms with Crippen molar-refractivity contribution in [1.82, 2.24) is 0 Å². The maximum absolute atomic E-state index is 5.73. The highest BCUT2D eigenvalue weighted by Gasteiger charge is 2.17. The molecule has 0 saturated heterocycles. The van der Waals surface area contributed by atoms with Crippen LogP contribution >= 0.6 is 11.3 Å². The second-order valence-electron chi connectivity index (χ2n) is 3.89. The number of rotatable bonds is 5. The quantitative estimate of drug-likeness (QED) is 0.880. The molecule has 2 rings (SSSR count). The first-order valence-electron chi connectivity index (χ1n) is 5.73. The van der Waals surface area contributed by atoms with E-state index in [0.717, 1.165) is 12.2 Å². The predicted octanol–water partition coefficient (Wildman–Crippen LogP) is 3.24. The smallest absolute Gasteiger partial charge is 0.122 e. The third-order valence-electron chi connectivity index (χ3n) is 2.86. The second-order valence-corrected chi connectivity index (χ2v) is 4.87. The molecular formula is C14H17NOS. The fourth-order valence-corrected chi connectivity index (χ4v) is 2.94. The fourth-order valence-electron chi connectivity index (χ4n) is 2.06. The van der Waals surface area contributed by atoms with Crippen LogP contribution in [0.25, 0.3) is 0 Å². The van der Waals surface area contributed by atoms with E-state index in [4.69, 9.17) is 10.5 Å². The summed E-state index contributed by atoms with van der Waals surface area (Å²) in [7, 11) is 1.72. The Balaban J connectivity index is 2.39. The first-order chi connectivity index (χ1) is 8.36. The van der Waals surface area contributed by atoms with Gasteiger partial charge >= 0.3 is 0 Å². The van der Waals surface area contributed by atoms with Crippen molar-refractivity contribution < 1.29 is 4.74 Å². The Hall–Kier alpha value is -1.32. The van der Waals surface area contributed by atoms with Gasteiger partial charge in [0.2, 0.25) is 0 Å². The molecular weight excluding hydrogens is 230 g/mol. The third kappa shape index (κ3) is 2.68. The normalized spacial score (nSPS) is 12.4. The summed E-state index contributed by atoms with van der Waals surface area (Å²) in [5.41, 5.74) is 6.95. The monoisotopic (exact) mass is 247 g/mol. The molecule has 0 bridgehead atoms. The van der Waals surface area contributed by atoms with Gasteiger partial charge in [0.25, 0.3) is 0 Å². The summed E-state index contributed by atoms with van der Waals surface area (Å²) in [4.78, 5) is 1.35. The lowest BCUT2D eigenvalue weighted by Crippen LogP contribution is -2.08. The minimum atomic E-state index is 0.344. The topological polar surface area (TPSA) is 35.2 Å². The molecule has 2 aromatic rings. The van der Waals surface area contributed by atoms with Gasteiger partial charge in [0.15, 0.2) is 0 Å². The molecule has 0 amide bonds. The molecule has 2 N–H and O–H groups in total. The average molecular weight is 247 g/mol. The first kappa shape index (κ1) is 12.1.